The minimum atomic E-state index is -3.84. The summed E-state index contributed by atoms with van der Waals surface area (Å²) in [5.74, 6) is -0.275. The number of hydrogen-bond acceptors (Lipinski definition) is 6. The Morgan fingerprint density at radius 2 is 1.87 bits per heavy atom. The van der Waals surface area contributed by atoms with Gasteiger partial charge in [-0.3, -0.25) is 14.4 Å². The van der Waals surface area contributed by atoms with Gasteiger partial charge in [-0.25, -0.2) is 13.4 Å². The number of aryl methyl sites for hydroxylation is 4. The molecule has 1 unspecified atom stereocenters. The maximum Gasteiger partial charge on any atom is 0.247 e. The number of carbonyl (C=O) groups is 1. The zero-order valence-corrected chi connectivity index (χ0v) is 24.2. The minimum absolute atomic E-state index is 0.197. The van der Waals surface area contributed by atoms with E-state index < -0.39 is 16.1 Å². The molecule has 1 saturated heterocycles. The van der Waals surface area contributed by atoms with E-state index in [-0.39, 0.29) is 10.8 Å². The largest absolute Gasteiger partial charge is 0.285 e. The van der Waals surface area contributed by atoms with Gasteiger partial charge in [0.25, 0.3) is 0 Å². The Bertz CT molecular complexity index is 1610. The van der Waals surface area contributed by atoms with E-state index in [1.807, 2.05) is 50.6 Å². The first kappa shape index (κ1) is 26.8. The molecule has 1 fully saturated rings. The molecule has 0 N–H and O–H groups in total. The maximum atomic E-state index is 14.2. The fraction of sp³-hybridized carbons (Fsp3) is 0.370. The number of benzene rings is 2. The number of amides is 1. The second kappa shape index (κ2) is 10.4. The van der Waals surface area contributed by atoms with E-state index in [1.54, 1.807) is 29.2 Å². The molecule has 0 radical (unpaired) electrons. The van der Waals surface area contributed by atoms with Gasteiger partial charge in [-0.15, -0.1) is 0 Å². The normalized spacial score (nSPS) is 16.4. The van der Waals surface area contributed by atoms with Crippen molar-refractivity contribution in [1.29, 1.82) is 0 Å². The second-order valence-electron chi connectivity index (χ2n) is 9.74. The van der Waals surface area contributed by atoms with Crippen LogP contribution in [0.3, 0.4) is 0 Å². The van der Waals surface area contributed by atoms with Gasteiger partial charge in [0.2, 0.25) is 15.9 Å². The lowest BCUT2D eigenvalue weighted by atomic mass is 10.2. The molecule has 0 bridgehead atoms. The van der Waals surface area contributed by atoms with Crippen LogP contribution in [0.5, 0.6) is 0 Å². The third kappa shape index (κ3) is 4.98. The summed E-state index contributed by atoms with van der Waals surface area (Å²) in [7, 11) is -3.84. The first-order valence-electron chi connectivity index (χ1n) is 12.5. The Labute approximate surface area is 231 Å². The summed E-state index contributed by atoms with van der Waals surface area (Å²) >= 11 is 7.74. The second-order valence-corrected chi connectivity index (χ2v) is 13.0. The number of sulfonamides is 1. The van der Waals surface area contributed by atoms with E-state index in [4.69, 9.17) is 16.6 Å². The van der Waals surface area contributed by atoms with Crippen molar-refractivity contribution in [1.82, 2.24) is 19.1 Å². The molecular formula is C27H30ClN5O3S2. The van der Waals surface area contributed by atoms with Crippen molar-refractivity contribution in [3.8, 4) is 0 Å². The molecule has 3 heterocycles. The van der Waals surface area contributed by atoms with Crippen molar-refractivity contribution in [2.24, 2.45) is 0 Å². The maximum absolute atomic E-state index is 14.2. The molecule has 0 aliphatic carbocycles. The molecule has 1 atom stereocenters. The Morgan fingerprint density at radius 3 is 2.55 bits per heavy atom. The van der Waals surface area contributed by atoms with Crippen LogP contribution < -0.4 is 4.90 Å². The topological polar surface area (TPSA) is 88.4 Å². The van der Waals surface area contributed by atoms with Gasteiger partial charge in [-0.1, -0.05) is 40.6 Å². The lowest BCUT2D eigenvalue weighted by Crippen LogP contribution is -2.48. The lowest BCUT2D eigenvalue weighted by Gasteiger charge is -2.28. The summed E-state index contributed by atoms with van der Waals surface area (Å²) < 4.78 is 31.3. The highest BCUT2D eigenvalue weighted by Gasteiger charge is 2.42. The van der Waals surface area contributed by atoms with Crippen LogP contribution in [-0.4, -0.2) is 52.5 Å². The highest BCUT2D eigenvalue weighted by Crippen LogP contribution is 2.35. The van der Waals surface area contributed by atoms with Gasteiger partial charge in [-0.05, 0) is 76.4 Å². The van der Waals surface area contributed by atoms with Crippen molar-refractivity contribution in [3.05, 3.63) is 70.0 Å². The number of halogens is 1. The van der Waals surface area contributed by atoms with Gasteiger partial charge in [0.1, 0.15) is 6.04 Å². The zero-order valence-electron chi connectivity index (χ0n) is 21.8. The quantitative estimate of drug-likeness (QED) is 0.302. The molecular weight excluding hydrogens is 542 g/mol. The smallest absolute Gasteiger partial charge is 0.247 e. The molecule has 200 valence electrons. The Balaban J connectivity index is 1.51. The Kier molecular flexibility index (Phi) is 7.34. The third-order valence-corrected chi connectivity index (χ3v) is 10.4. The van der Waals surface area contributed by atoms with Gasteiger partial charge in [0.05, 0.1) is 27.4 Å². The van der Waals surface area contributed by atoms with Crippen LogP contribution in [0.15, 0.2) is 47.4 Å². The molecule has 2 aromatic heterocycles. The molecule has 1 amide bonds. The van der Waals surface area contributed by atoms with E-state index in [2.05, 4.69) is 5.10 Å². The van der Waals surface area contributed by atoms with Crippen molar-refractivity contribution in [2.75, 3.05) is 18.0 Å². The van der Waals surface area contributed by atoms with Gasteiger partial charge < -0.3 is 0 Å². The van der Waals surface area contributed by atoms with Crippen LogP contribution in [0.1, 0.15) is 35.4 Å². The average molecular weight is 572 g/mol. The average Bonchev–Trinajstić information content (AvgIpc) is 3.61. The highest BCUT2D eigenvalue weighted by atomic mass is 35.5. The molecule has 5 rings (SSSR count). The van der Waals surface area contributed by atoms with Gasteiger partial charge in [0.15, 0.2) is 5.13 Å². The Hall–Kier alpha value is -2.79. The van der Waals surface area contributed by atoms with Gasteiger partial charge >= 0.3 is 0 Å². The monoisotopic (exact) mass is 571 g/mol. The summed E-state index contributed by atoms with van der Waals surface area (Å²) in [6, 6.07) is 11.7. The van der Waals surface area contributed by atoms with E-state index in [1.165, 1.54) is 15.6 Å². The number of carbonyl (C=O) groups excluding carboxylic acids is 1. The van der Waals surface area contributed by atoms with Crippen molar-refractivity contribution < 1.29 is 13.2 Å². The molecule has 2 aromatic carbocycles. The number of anilines is 1. The summed E-state index contributed by atoms with van der Waals surface area (Å²) in [4.78, 5) is 20.8. The molecule has 0 spiro atoms. The van der Waals surface area contributed by atoms with Crippen LogP contribution in [0.2, 0.25) is 5.02 Å². The van der Waals surface area contributed by atoms with E-state index in [9.17, 15) is 13.2 Å². The third-order valence-electron chi connectivity index (χ3n) is 6.99. The Morgan fingerprint density at radius 1 is 1.13 bits per heavy atom. The molecule has 38 heavy (non-hydrogen) atoms. The summed E-state index contributed by atoms with van der Waals surface area (Å²) in [5, 5.41) is 5.68. The lowest BCUT2D eigenvalue weighted by molar-refractivity contribution is -0.121. The predicted molar refractivity (Wildman–Crippen MR) is 152 cm³/mol. The highest BCUT2D eigenvalue weighted by molar-refractivity contribution is 7.89. The van der Waals surface area contributed by atoms with Crippen molar-refractivity contribution >= 4 is 54.2 Å². The molecule has 8 nitrogen and oxygen atoms in total. The van der Waals surface area contributed by atoms with Crippen molar-refractivity contribution in [3.63, 3.8) is 0 Å². The summed E-state index contributed by atoms with van der Waals surface area (Å²) in [6.07, 6.45) is 1.07. The number of hydrogen-bond donors (Lipinski definition) is 0. The van der Waals surface area contributed by atoms with E-state index in [0.717, 1.165) is 32.7 Å². The number of aromatic nitrogens is 3. The van der Waals surface area contributed by atoms with Gasteiger partial charge in [0, 0.05) is 23.8 Å². The van der Waals surface area contributed by atoms with Crippen LogP contribution >= 0.6 is 22.9 Å². The molecule has 4 aromatic rings. The number of rotatable bonds is 7. The predicted octanol–water partition coefficient (Wildman–Crippen LogP) is 5.27. The molecule has 1 aliphatic heterocycles. The standard InChI is InChI=1S/C27H30ClN5O3S2/c1-17-7-9-21(10-8-17)38(35,36)33-13-5-6-23(33)26(34)31(14-15-32-19(3)16-18(2)30-32)27-29-25-20(4)22(28)11-12-24(25)37-27/h7-12,16,23H,5-6,13-15H2,1-4H3. The van der Waals surface area contributed by atoms with E-state index in [0.29, 0.717) is 42.6 Å². The first-order chi connectivity index (χ1) is 18.1. The van der Waals surface area contributed by atoms with E-state index >= 15 is 0 Å². The van der Waals surface area contributed by atoms with Crippen LogP contribution in [0.4, 0.5) is 5.13 Å². The fourth-order valence-electron chi connectivity index (χ4n) is 4.90. The SMILES string of the molecule is Cc1ccc(S(=O)(=O)N2CCCC2C(=O)N(CCn2nc(C)cc2C)c2nc3c(C)c(Cl)ccc3s2)cc1. The number of thiazole rings is 1. The number of nitrogens with zero attached hydrogens (tertiary/aromatic N) is 5. The molecule has 0 saturated carbocycles. The zero-order chi connectivity index (χ0) is 27.2. The first-order valence-corrected chi connectivity index (χ1v) is 15.2. The summed E-state index contributed by atoms with van der Waals surface area (Å²) in [5.41, 5.74) is 4.46. The molecule has 1 aliphatic rings. The molecule has 11 heteroatoms. The van der Waals surface area contributed by atoms with Crippen LogP contribution in [0, 0.1) is 27.7 Å². The minimum Gasteiger partial charge on any atom is -0.285 e. The fourth-order valence-corrected chi connectivity index (χ4v) is 7.76. The van der Waals surface area contributed by atoms with Gasteiger partial charge in [-0.2, -0.15) is 9.40 Å². The van der Waals surface area contributed by atoms with Crippen LogP contribution in [0.25, 0.3) is 10.2 Å². The summed E-state index contributed by atoms with van der Waals surface area (Å²) in [6.45, 7) is 8.78. The van der Waals surface area contributed by atoms with Crippen LogP contribution in [-0.2, 0) is 21.4 Å². The number of fused-ring (bicyclic) bond motifs is 1. The van der Waals surface area contributed by atoms with Crippen molar-refractivity contribution in [2.45, 2.75) is 58.0 Å².